The van der Waals surface area contributed by atoms with Crippen molar-refractivity contribution in [3.63, 3.8) is 0 Å². The average Bonchev–Trinajstić information content (AvgIpc) is 3.13. The molecular weight excluding hydrogens is 566 g/mol. The first-order valence-corrected chi connectivity index (χ1v) is 15.0. The predicted molar refractivity (Wildman–Crippen MR) is 150 cm³/mol. The van der Waals surface area contributed by atoms with Gasteiger partial charge in [0.1, 0.15) is 11.5 Å². The van der Waals surface area contributed by atoms with Gasteiger partial charge in [-0.2, -0.15) is 0 Å². The number of phosphoric ester groups is 1. The summed E-state index contributed by atoms with van der Waals surface area (Å²) in [5.74, 6) is 0.257. The standard InChI is InChI=1S/C28H17Cl2O4PS2/c29-21-9-5-13-27-19(21)15-23(17-7-1-3-11-25(17)36-27)33-35(31,32)34-24-16-20-22(30)10-6-14-28(20)37-26-12-4-2-8-18(24)26/h1-16H,(H,31,32)/p-1. The van der Waals surface area contributed by atoms with Crippen molar-refractivity contribution in [1.82, 2.24) is 0 Å². The summed E-state index contributed by atoms with van der Waals surface area (Å²) < 4.78 is 24.7. The van der Waals surface area contributed by atoms with Crippen LogP contribution in [-0.4, -0.2) is 0 Å². The minimum atomic E-state index is -4.92. The van der Waals surface area contributed by atoms with E-state index in [4.69, 9.17) is 32.2 Å². The van der Waals surface area contributed by atoms with Gasteiger partial charge in [0.25, 0.3) is 0 Å². The Balaban J connectivity index is 1.42. The van der Waals surface area contributed by atoms with E-state index in [-0.39, 0.29) is 11.5 Å². The second-order valence-corrected chi connectivity index (χ2v) is 12.4. The molecule has 184 valence electrons. The third-order valence-corrected chi connectivity index (χ3v) is 9.55. The molecule has 0 atom stereocenters. The van der Waals surface area contributed by atoms with Gasteiger partial charge in [0.05, 0.1) is 0 Å². The lowest BCUT2D eigenvalue weighted by molar-refractivity contribution is -0.213. The van der Waals surface area contributed by atoms with E-state index in [9.17, 15) is 9.46 Å². The number of hydrogen-bond donors (Lipinski definition) is 0. The predicted octanol–water partition coefficient (Wildman–Crippen LogP) is 9.12. The van der Waals surface area contributed by atoms with Gasteiger partial charge in [0, 0.05) is 51.9 Å². The summed E-state index contributed by atoms with van der Waals surface area (Å²) in [4.78, 5) is 16.9. The highest BCUT2D eigenvalue weighted by atomic mass is 35.5. The van der Waals surface area contributed by atoms with Crippen molar-refractivity contribution in [2.75, 3.05) is 0 Å². The molecule has 0 bridgehead atoms. The molecule has 0 N–H and O–H groups in total. The molecule has 0 unspecified atom stereocenters. The molecule has 6 rings (SSSR count). The Morgan fingerprint density at radius 3 is 1.46 bits per heavy atom. The summed E-state index contributed by atoms with van der Waals surface area (Å²) in [5.41, 5.74) is 2.60. The van der Waals surface area contributed by atoms with E-state index in [0.717, 1.165) is 19.6 Å². The number of fused-ring (bicyclic) bond motifs is 4. The average molecular weight is 582 g/mol. The van der Waals surface area contributed by atoms with Gasteiger partial charge in [-0.15, -0.1) is 0 Å². The van der Waals surface area contributed by atoms with Gasteiger partial charge in [-0.3, -0.25) is 0 Å². The molecule has 4 nitrogen and oxygen atoms in total. The summed E-state index contributed by atoms with van der Waals surface area (Å²) in [5, 5.41) is 0.980. The lowest BCUT2D eigenvalue weighted by Gasteiger charge is -2.27. The molecule has 0 radical (unpaired) electrons. The van der Waals surface area contributed by atoms with E-state index >= 15 is 0 Å². The minimum Gasteiger partial charge on any atom is -0.736 e. The number of rotatable bonds is 4. The van der Waals surface area contributed by atoms with Crippen molar-refractivity contribution in [1.29, 1.82) is 0 Å². The highest BCUT2D eigenvalue weighted by Crippen LogP contribution is 2.53. The molecule has 0 spiro atoms. The van der Waals surface area contributed by atoms with E-state index in [2.05, 4.69) is 0 Å². The SMILES string of the molecule is O=P([O-])(OC1=Cc2c(Cl)cccc2Sc2ccccc21)OC1=Cc2c(Cl)cccc2Sc2ccccc21. The number of phosphoric acid groups is 1. The maximum Gasteiger partial charge on any atom is 0.372 e. The maximum atomic E-state index is 13.4. The first-order chi connectivity index (χ1) is 17.9. The van der Waals surface area contributed by atoms with Gasteiger partial charge in [-0.1, -0.05) is 95.3 Å². The third kappa shape index (κ3) is 4.98. The Labute approximate surface area is 232 Å². The maximum absolute atomic E-state index is 13.4. The smallest absolute Gasteiger partial charge is 0.372 e. The number of benzene rings is 4. The zero-order chi connectivity index (χ0) is 25.6. The Bertz CT molecular complexity index is 1550. The molecule has 9 heteroatoms. The van der Waals surface area contributed by atoms with Crippen molar-refractivity contribution in [3.05, 3.63) is 117 Å². The normalized spacial score (nSPS) is 14.0. The van der Waals surface area contributed by atoms with Gasteiger partial charge >= 0.3 is 7.82 Å². The van der Waals surface area contributed by atoms with Crippen LogP contribution < -0.4 is 4.89 Å². The van der Waals surface area contributed by atoms with Crippen LogP contribution in [0, 0.1) is 0 Å². The molecule has 4 aromatic carbocycles. The molecule has 2 aliphatic rings. The van der Waals surface area contributed by atoms with E-state index in [1.165, 1.54) is 23.5 Å². The van der Waals surface area contributed by atoms with E-state index < -0.39 is 7.82 Å². The highest BCUT2D eigenvalue weighted by molar-refractivity contribution is 7.99. The number of hydrogen-bond acceptors (Lipinski definition) is 6. The Morgan fingerprint density at radius 2 is 1.00 bits per heavy atom. The Morgan fingerprint density at radius 1 is 0.595 bits per heavy atom. The van der Waals surface area contributed by atoms with Gasteiger partial charge in [-0.25, -0.2) is 4.57 Å². The molecular formula is C28H16Cl2O4PS2-. The molecule has 0 saturated carbocycles. The van der Waals surface area contributed by atoms with E-state index in [0.29, 0.717) is 32.3 Å². The summed E-state index contributed by atoms with van der Waals surface area (Å²) >= 11 is 15.9. The fourth-order valence-corrected chi connectivity index (χ4v) is 7.64. The largest absolute Gasteiger partial charge is 0.736 e. The molecule has 0 aromatic heterocycles. The second-order valence-electron chi connectivity index (χ2n) is 8.15. The molecule has 0 fully saturated rings. The molecule has 2 heterocycles. The molecule has 2 aliphatic heterocycles. The first kappa shape index (κ1) is 24.7. The van der Waals surface area contributed by atoms with Crippen LogP contribution in [0.5, 0.6) is 0 Å². The molecule has 4 aromatic rings. The van der Waals surface area contributed by atoms with Crippen LogP contribution in [0.1, 0.15) is 22.3 Å². The van der Waals surface area contributed by atoms with Crippen LogP contribution in [0.25, 0.3) is 23.7 Å². The van der Waals surface area contributed by atoms with E-state index in [1.807, 2.05) is 60.7 Å². The number of halogens is 2. The van der Waals surface area contributed by atoms with Gasteiger partial charge in [-0.05, 0) is 48.6 Å². The molecule has 0 aliphatic carbocycles. The lowest BCUT2D eigenvalue weighted by Crippen LogP contribution is -2.08. The van der Waals surface area contributed by atoms with Crippen LogP contribution in [0.2, 0.25) is 10.0 Å². The Hall–Kier alpha value is -2.57. The van der Waals surface area contributed by atoms with Crippen LogP contribution in [-0.2, 0) is 13.6 Å². The Kier molecular flexibility index (Phi) is 6.66. The molecule has 37 heavy (non-hydrogen) atoms. The van der Waals surface area contributed by atoms with Crippen molar-refractivity contribution in [2.24, 2.45) is 0 Å². The van der Waals surface area contributed by atoms with Crippen molar-refractivity contribution in [2.45, 2.75) is 19.6 Å². The van der Waals surface area contributed by atoms with Crippen molar-refractivity contribution >= 4 is 78.2 Å². The highest BCUT2D eigenvalue weighted by Gasteiger charge is 2.26. The summed E-state index contributed by atoms with van der Waals surface area (Å²) in [6.07, 6.45) is 3.28. The lowest BCUT2D eigenvalue weighted by atomic mass is 10.1. The third-order valence-electron chi connectivity index (χ3n) is 5.74. The zero-order valence-corrected chi connectivity index (χ0v) is 22.9. The monoisotopic (exact) mass is 581 g/mol. The quantitative estimate of drug-likeness (QED) is 0.224. The summed E-state index contributed by atoms with van der Waals surface area (Å²) in [6.45, 7) is 0. The summed E-state index contributed by atoms with van der Waals surface area (Å²) in [6, 6.07) is 25.9. The minimum absolute atomic E-state index is 0.128. The molecule has 0 amide bonds. The van der Waals surface area contributed by atoms with Crippen molar-refractivity contribution < 1.29 is 18.5 Å². The molecule has 0 saturated heterocycles. The van der Waals surface area contributed by atoms with Gasteiger partial charge < -0.3 is 13.9 Å². The van der Waals surface area contributed by atoms with Gasteiger partial charge in [0.2, 0.25) is 0 Å². The second kappa shape index (κ2) is 9.95. The topological polar surface area (TPSA) is 58.6 Å². The fraction of sp³-hybridized carbons (Fsp3) is 0. The zero-order valence-electron chi connectivity index (χ0n) is 18.9. The first-order valence-electron chi connectivity index (χ1n) is 11.1. The van der Waals surface area contributed by atoms with Crippen LogP contribution in [0.4, 0.5) is 0 Å². The summed E-state index contributed by atoms with van der Waals surface area (Å²) in [7, 11) is -4.92. The van der Waals surface area contributed by atoms with Crippen molar-refractivity contribution in [3.8, 4) is 0 Å². The van der Waals surface area contributed by atoms with Gasteiger partial charge in [0.15, 0.2) is 0 Å². The van der Waals surface area contributed by atoms with Crippen LogP contribution in [0.3, 0.4) is 0 Å². The van der Waals surface area contributed by atoms with Crippen LogP contribution in [0.15, 0.2) is 105 Å². The van der Waals surface area contributed by atoms with Crippen LogP contribution >= 0.6 is 54.5 Å². The fourth-order valence-electron chi connectivity index (χ4n) is 4.08. The van der Waals surface area contributed by atoms with E-state index in [1.54, 1.807) is 36.4 Å².